The third-order valence-electron chi connectivity index (χ3n) is 3.50. The molecule has 2 heterocycles. The molecule has 1 aromatic rings. The molecule has 3 N–H and O–H groups in total. The summed E-state index contributed by atoms with van der Waals surface area (Å²) in [6.07, 6.45) is 4.74. The van der Waals surface area contributed by atoms with E-state index in [1.54, 1.807) is 0 Å². The Bertz CT molecular complexity index is 367. The Morgan fingerprint density at radius 2 is 2.50 bits per heavy atom. The monoisotopic (exact) mass is 253 g/mol. The number of hydrogen-bond donors (Lipinski definition) is 2. The molecule has 102 valence electrons. The van der Waals surface area contributed by atoms with Gasteiger partial charge in [0.05, 0.1) is 18.8 Å². The quantitative estimate of drug-likeness (QED) is 0.552. The molecular formula is C12H23N5O. The summed E-state index contributed by atoms with van der Waals surface area (Å²) in [6.45, 7) is 5.69. The number of likely N-dealkylation sites (N-methyl/N-ethyl adjacent to an activating group) is 1. The summed E-state index contributed by atoms with van der Waals surface area (Å²) in [5, 5.41) is 0. The Balaban J connectivity index is 2.00. The molecule has 1 saturated heterocycles. The first kappa shape index (κ1) is 13.5. The van der Waals surface area contributed by atoms with Crippen LogP contribution in [0.5, 0.6) is 0 Å². The fourth-order valence-electron chi connectivity index (χ4n) is 2.37. The van der Waals surface area contributed by atoms with Crippen LogP contribution in [0.15, 0.2) is 12.4 Å². The van der Waals surface area contributed by atoms with Gasteiger partial charge in [0.2, 0.25) is 0 Å². The lowest BCUT2D eigenvalue weighted by atomic mass is 10.1. The van der Waals surface area contributed by atoms with E-state index >= 15 is 0 Å². The van der Waals surface area contributed by atoms with Gasteiger partial charge < -0.3 is 14.2 Å². The van der Waals surface area contributed by atoms with Crippen LogP contribution >= 0.6 is 0 Å². The maximum Gasteiger partial charge on any atom is 0.110 e. The highest BCUT2D eigenvalue weighted by Crippen LogP contribution is 2.11. The number of hydrogen-bond acceptors (Lipinski definition) is 5. The molecule has 2 atom stereocenters. The Morgan fingerprint density at radius 1 is 1.67 bits per heavy atom. The molecule has 0 saturated carbocycles. The molecule has 0 bridgehead atoms. The third kappa shape index (κ3) is 3.08. The number of imidazole rings is 1. The van der Waals surface area contributed by atoms with E-state index in [4.69, 9.17) is 10.6 Å². The van der Waals surface area contributed by atoms with Gasteiger partial charge in [-0.3, -0.25) is 11.3 Å². The van der Waals surface area contributed by atoms with Crippen molar-refractivity contribution in [2.45, 2.75) is 32.0 Å². The number of ether oxygens (including phenoxy) is 1. The Hall–Kier alpha value is -0.950. The van der Waals surface area contributed by atoms with Gasteiger partial charge in [0.25, 0.3) is 0 Å². The van der Waals surface area contributed by atoms with E-state index in [1.165, 1.54) is 0 Å². The predicted molar refractivity (Wildman–Crippen MR) is 70.0 cm³/mol. The number of nitrogens with one attached hydrogen (secondary N) is 1. The Morgan fingerprint density at radius 3 is 3.17 bits per heavy atom. The summed E-state index contributed by atoms with van der Waals surface area (Å²) >= 11 is 0. The van der Waals surface area contributed by atoms with Gasteiger partial charge in [-0.1, -0.05) is 0 Å². The highest BCUT2D eigenvalue weighted by molar-refractivity contribution is 4.97. The molecule has 6 nitrogen and oxygen atoms in total. The van der Waals surface area contributed by atoms with Crippen molar-refractivity contribution in [1.29, 1.82) is 0 Å². The lowest BCUT2D eigenvalue weighted by Gasteiger charge is -2.34. The van der Waals surface area contributed by atoms with Crippen LogP contribution in [0.1, 0.15) is 12.7 Å². The average Bonchev–Trinajstić information content (AvgIpc) is 2.83. The summed E-state index contributed by atoms with van der Waals surface area (Å²) in [5.41, 5.74) is 2.88. The SMILES string of the molecule is CCn1ccnc1CC(NN)C1CN(C)CCO1. The van der Waals surface area contributed by atoms with Crippen LogP contribution in [0, 0.1) is 0 Å². The molecule has 6 heteroatoms. The summed E-state index contributed by atoms with van der Waals surface area (Å²) in [5.74, 6) is 6.72. The Labute approximate surface area is 108 Å². The highest BCUT2D eigenvalue weighted by Gasteiger charge is 2.27. The van der Waals surface area contributed by atoms with Crippen molar-refractivity contribution in [2.75, 3.05) is 26.7 Å². The summed E-state index contributed by atoms with van der Waals surface area (Å²) < 4.78 is 7.94. The molecule has 0 aromatic carbocycles. The second-order valence-electron chi connectivity index (χ2n) is 4.78. The van der Waals surface area contributed by atoms with Crippen molar-refractivity contribution < 1.29 is 4.74 Å². The van der Waals surface area contributed by atoms with Gasteiger partial charge in [-0.2, -0.15) is 0 Å². The molecule has 2 unspecified atom stereocenters. The molecule has 1 aromatic heterocycles. The second kappa shape index (κ2) is 6.29. The number of hydrazine groups is 1. The van der Waals surface area contributed by atoms with E-state index in [1.807, 2.05) is 12.4 Å². The van der Waals surface area contributed by atoms with E-state index in [0.717, 1.165) is 38.5 Å². The number of nitrogens with two attached hydrogens (primary N) is 1. The smallest absolute Gasteiger partial charge is 0.110 e. The van der Waals surface area contributed by atoms with Crippen LogP contribution in [0.2, 0.25) is 0 Å². The van der Waals surface area contributed by atoms with Crippen LogP contribution in [-0.2, 0) is 17.7 Å². The van der Waals surface area contributed by atoms with Crippen molar-refractivity contribution >= 4 is 0 Å². The first-order valence-electron chi connectivity index (χ1n) is 6.51. The molecule has 2 rings (SSSR count). The van der Waals surface area contributed by atoms with Crippen LogP contribution in [0.25, 0.3) is 0 Å². The van der Waals surface area contributed by atoms with Crippen molar-refractivity contribution in [3.05, 3.63) is 18.2 Å². The summed E-state index contributed by atoms with van der Waals surface area (Å²) in [4.78, 5) is 6.66. The van der Waals surface area contributed by atoms with Gasteiger partial charge in [-0.15, -0.1) is 0 Å². The van der Waals surface area contributed by atoms with E-state index in [-0.39, 0.29) is 12.1 Å². The number of aromatic nitrogens is 2. The van der Waals surface area contributed by atoms with Gasteiger partial charge >= 0.3 is 0 Å². The number of rotatable bonds is 5. The molecule has 0 amide bonds. The minimum atomic E-state index is 0.0976. The zero-order valence-electron chi connectivity index (χ0n) is 11.2. The molecule has 1 fully saturated rings. The fourth-order valence-corrected chi connectivity index (χ4v) is 2.37. The molecule has 18 heavy (non-hydrogen) atoms. The molecule has 1 aliphatic rings. The maximum atomic E-state index is 5.80. The highest BCUT2D eigenvalue weighted by atomic mass is 16.5. The standard InChI is InChI=1S/C12H23N5O/c1-3-17-5-4-14-12(17)8-10(15-13)11-9-16(2)6-7-18-11/h4-5,10-11,15H,3,6-9,13H2,1-2H3. The topological polar surface area (TPSA) is 68.3 Å². The zero-order valence-corrected chi connectivity index (χ0v) is 11.2. The average molecular weight is 253 g/mol. The number of nitrogens with zero attached hydrogens (tertiary/aromatic N) is 3. The first-order valence-corrected chi connectivity index (χ1v) is 6.51. The van der Waals surface area contributed by atoms with E-state index in [2.05, 4.69) is 33.8 Å². The lowest BCUT2D eigenvalue weighted by molar-refractivity contribution is -0.0388. The van der Waals surface area contributed by atoms with Crippen LogP contribution < -0.4 is 11.3 Å². The Kier molecular flexibility index (Phi) is 4.71. The first-order chi connectivity index (χ1) is 8.74. The maximum absolute atomic E-state index is 5.80. The van der Waals surface area contributed by atoms with Crippen molar-refractivity contribution in [1.82, 2.24) is 19.9 Å². The zero-order chi connectivity index (χ0) is 13.0. The predicted octanol–water partition coefficient (Wildman–Crippen LogP) is -0.392. The van der Waals surface area contributed by atoms with E-state index < -0.39 is 0 Å². The largest absolute Gasteiger partial charge is 0.374 e. The molecular weight excluding hydrogens is 230 g/mol. The van der Waals surface area contributed by atoms with Gasteiger partial charge in [0.1, 0.15) is 5.82 Å². The summed E-state index contributed by atoms with van der Waals surface area (Å²) in [7, 11) is 2.11. The minimum absolute atomic E-state index is 0.0976. The third-order valence-corrected chi connectivity index (χ3v) is 3.50. The van der Waals surface area contributed by atoms with Crippen molar-refractivity contribution in [3.8, 4) is 0 Å². The van der Waals surface area contributed by atoms with Crippen molar-refractivity contribution in [2.24, 2.45) is 5.84 Å². The van der Waals surface area contributed by atoms with Crippen LogP contribution in [-0.4, -0.2) is 53.3 Å². The van der Waals surface area contributed by atoms with Gasteiger partial charge in [-0.05, 0) is 14.0 Å². The van der Waals surface area contributed by atoms with Crippen LogP contribution in [0.4, 0.5) is 0 Å². The molecule has 0 spiro atoms. The summed E-state index contributed by atoms with van der Waals surface area (Å²) in [6, 6.07) is 0.0976. The van der Waals surface area contributed by atoms with Gasteiger partial charge in [0, 0.05) is 38.4 Å². The number of aryl methyl sites for hydroxylation is 1. The van der Waals surface area contributed by atoms with E-state index in [0.29, 0.717) is 0 Å². The minimum Gasteiger partial charge on any atom is -0.374 e. The molecule has 0 aliphatic carbocycles. The number of morpholine rings is 1. The van der Waals surface area contributed by atoms with Crippen LogP contribution in [0.3, 0.4) is 0 Å². The fraction of sp³-hybridized carbons (Fsp3) is 0.750. The van der Waals surface area contributed by atoms with Crippen molar-refractivity contribution in [3.63, 3.8) is 0 Å². The second-order valence-corrected chi connectivity index (χ2v) is 4.78. The molecule has 1 aliphatic heterocycles. The molecule has 0 radical (unpaired) electrons. The normalized spacial score (nSPS) is 23.2. The lowest BCUT2D eigenvalue weighted by Crippen LogP contribution is -2.54. The van der Waals surface area contributed by atoms with Gasteiger partial charge in [-0.25, -0.2) is 4.98 Å². The van der Waals surface area contributed by atoms with Gasteiger partial charge in [0.15, 0.2) is 0 Å². The van der Waals surface area contributed by atoms with E-state index in [9.17, 15) is 0 Å².